The van der Waals surface area contributed by atoms with Crippen LogP contribution in [0.5, 0.6) is 5.75 Å². The Hall–Kier alpha value is -3.94. The summed E-state index contributed by atoms with van der Waals surface area (Å²) in [5.74, 6) is 0.616. The number of anilines is 2. The number of pyridine rings is 1. The van der Waals surface area contributed by atoms with Gasteiger partial charge in [-0.3, -0.25) is 9.88 Å². The van der Waals surface area contributed by atoms with Crippen LogP contribution in [0, 0.1) is 0 Å². The average molecular weight is 537 g/mol. The largest absolute Gasteiger partial charge is 0.495 e. The molecule has 6 rings (SSSR count). The van der Waals surface area contributed by atoms with Crippen LogP contribution in [0.1, 0.15) is 38.4 Å². The van der Waals surface area contributed by atoms with Gasteiger partial charge in [-0.25, -0.2) is 4.79 Å². The summed E-state index contributed by atoms with van der Waals surface area (Å²) < 4.78 is 11.2. The molecule has 2 bridgehead atoms. The van der Waals surface area contributed by atoms with Gasteiger partial charge in [0.1, 0.15) is 5.75 Å². The summed E-state index contributed by atoms with van der Waals surface area (Å²) in [4.78, 5) is 20.4. The molecule has 4 aromatic rings. The molecule has 2 fully saturated rings. The van der Waals surface area contributed by atoms with Crippen LogP contribution >= 0.6 is 0 Å². The van der Waals surface area contributed by atoms with Crippen LogP contribution in [0.25, 0.3) is 21.9 Å². The molecule has 2 aliphatic rings. The van der Waals surface area contributed by atoms with E-state index in [1.54, 1.807) is 7.11 Å². The monoisotopic (exact) mass is 536 g/mol. The molecule has 7 heteroatoms. The molecule has 7 nitrogen and oxygen atoms in total. The molecule has 0 saturated carbocycles. The number of morpholine rings is 1. The fourth-order valence-corrected chi connectivity index (χ4v) is 5.77. The lowest BCUT2D eigenvalue weighted by molar-refractivity contribution is 0.0268. The summed E-state index contributed by atoms with van der Waals surface area (Å²) in [6.45, 7) is 9.11. The van der Waals surface area contributed by atoms with E-state index in [0.29, 0.717) is 23.6 Å². The number of benzene rings is 3. The summed E-state index contributed by atoms with van der Waals surface area (Å²) in [5.41, 5.74) is 5.62. The Morgan fingerprint density at radius 3 is 2.50 bits per heavy atom. The predicted octanol–water partition coefficient (Wildman–Crippen LogP) is 6.83. The van der Waals surface area contributed by atoms with Crippen molar-refractivity contribution in [1.82, 2.24) is 9.88 Å². The summed E-state index contributed by atoms with van der Waals surface area (Å²) in [6.07, 6.45) is 3.48. The number of amides is 2. The van der Waals surface area contributed by atoms with Gasteiger partial charge in [-0.05, 0) is 52.6 Å². The second-order valence-electron chi connectivity index (χ2n) is 11.8. The zero-order valence-electron chi connectivity index (χ0n) is 23.5. The Bertz CT molecular complexity index is 1540. The van der Waals surface area contributed by atoms with Crippen molar-refractivity contribution < 1.29 is 14.3 Å². The third kappa shape index (κ3) is 5.27. The van der Waals surface area contributed by atoms with Crippen molar-refractivity contribution in [3.05, 3.63) is 84.2 Å². The van der Waals surface area contributed by atoms with Crippen LogP contribution < -0.4 is 15.4 Å². The van der Waals surface area contributed by atoms with Crippen molar-refractivity contribution in [3.8, 4) is 16.9 Å². The summed E-state index contributed by atoms with van der Waals surface area (Å²) in [5, 5.41) is 8.04. The van der Waals surface area contributed by atoms with Crippen molar-refractivity contribution in [2.75, 3.05) is 30.9 Å². The third-order valence-electron chi connectivity index (χ3n) is 8.00. The number of hydrogen-bond donors (Lipinski definition) is 2. The number of aromatic nitrogens is 1. The summed E-state index contributed by atoms with van der Waals surface area (Å²) in [6, 6.07) is 22.5. The third-order valence-corrected chi connectivity index (χ3v) is 8.00. The topological polar surface area (TPSA) is 75.7 Å². The molecule has 1 aromatic heterocycles. The lowest BCUT2D eigenvalue weighted by Crippen LogP contribution is -2.36. The number of likely N-dealkylation sites (tertiary alicyclic amines) is 1. The van der Waals surface area contributed by atoms with Gasteiger partial charge in [0.15, 0.2) is 0 Å². The van der Waals surface area contributed by atoms with E-state index in [9.17, 15) is 4.79 Å². The molecular weight excluding hydrogens is 500 g/mol. The van der Waals surface area contributed by atoms with Crippen LogP contribution in [0.3, 0.4) is 0 Å². The maximum absolute atomic E-state index is 13.1. The fourth-order valence-electron chi connectivity index (χ4n) is 5.77. The molecule has 2 N–H and O–H groups in total. The molecule has 2 atom stereocenters. The van der Waals surface area contributed by atoms with Crippen LogP contribution in [-0.4, -0.2) is 48.3 Å². The molecule has 40 heavy (non-hydrogen) atoms. The normalized spacial score (nSPS) is 18.7. The highest BCUT2D eigenvalue weighted by Gasteiger charge is 2.38. The maximum atomic E-state index is 13.1. The van der Waals surface area contributed by atoms with Gasteiger partial charge in [-0.15, -0.1) is 0 Å². The van der Waals surface area contributed by atoms with Crippen molar-refractivity contribution in [1.29, 1.82) is 0 Å². The quantitative estimate of drug-likeness (QED) is 0.283. The standard InChI is InChI=1S/C33H36N4O3/c1-33(2,3)22-10-14-31(39-4)30(15-22)36-32(38)35-29-13-12-26(27-7-5-6-8-28(27)29)21-9-11-23(34-17-21)18-37-19-25-16-24(37)20-40-25/h5-15,17,24-25H,16,18-20H2,1-4H3,(H2,35,36,38). The second-order valence-corrected chi connectivity index (χ2v) is 11.8. The SMILES string of the molecule is COc1ccc(C(C)(C)C)cc1NC(=O)Nc1ccc(-c2ccc(CN3CC4CC3CO4)nc2)c2ccccc12. The number of methoxy groups -OCH3 is 1. The van der Waals surface area contributed by atoms with Crippen LogP contribution in [0.2, 0.25) is 0 Å². The van der Waals surface area contributed by atoms with E-state index in [-0.39, 0.29) is 11.4 Å². The van der Waals surface area contributed by atoms with Crippen molar-refractivity contribution in [2.24, 2.45) is 0 Å². The van der Waals surface area contributed by atoms with Crippen LogP contribution in [0.4, 0.5) is 16.2 Å². The molecule has 2 aliphatic heterocycles. The number of nitrogens with one attached hydrogen (secondary N) is 2. The van der Waals surface area contributed by atoms with E-state index >= 15 is 0 Å². The number of hydrogen-bond acceptors (Lipinski definition) is 5. The van der Waals surface area contributed by atoms with Crippen molar-refractivity contribution in [2.45, 2.75) is 51.3 Å². The number of fused-ring (bicyclic) bond motifs is 3. The Morgan fingerprint density at radius 1 is 1.02 bits per heavy atom. The first-order valence-electron chi connectivity index (χ1n) is 13.9. The van der Waals surface area contributed by atoms with Crippen LogP contribution in [-0.2, 0) is 16.7 Å². The second kappa shape index (κ2) is 10.6. The minimum Gasteiger partial charge on any atom is -0.495 e. The van der Waals surface area contributed by atoms with Crippen molar-refractivity contribution >= 4 is 28.2 Å². The molecule has 2 amide bonds. The van der Waals surface area contributed by atoms with Gasteiger partial charge in [0.2, 0.25) is 0 Å². The van der Waals surface area contributed by atoms with E-state index in [4.69, 9.17) is 14.5 Å². The van der Waals surface area contributed by atoms with Gasteiger partial charge < -0.3 is 20.1 Å². The predicted molar refractivity (Wildman–Crippen MR) is 160 cm³/mol. The smallest absolute Gasteiger partial charge is 0.323 e. The molecule has 3 aromatic carbocycles. The van der Waals surface area contributed by atoms with Gasteiger partial charge >= 0.3 is 6.03 Å². The molecule has 2 unspecified atom stereocenters. The molecule has 206 valence electrons. The lowest BCUT2D eigenvalue weighted by atomic mass is 9.87. The van der Waals surface area contributed by atoms with Gasteiger partial charge in [0.05, 0.1) is 36.9 Å². The Labute approximate surface area is 235 Å². The minimum atomic E-state index is -0.325. The van der Waals surface area contributed by atoms with E-state index in [2.05, 4.69) is 54.5 Å². The Balaban J connectivity index is 1.21. The summed E-state index contributed by atoms with van der Waals surface area (Å²) >= 11 is 0. The minimum absolute atomic E-state index is 0.0545. The average Bonchev–Trinajstić information content (AvgIpc) is 3.57. The lowest BCUT2D eigenvalue weighted by Gasteiger charge is -2.26. The van der Waals surface area contributed by atoms with Gasteiger partial charge in [-0.1, -0.05) is 63.2 Å². The molecule has 2 saturated heterocycles. The first-order chi connectivity index (χ1) is 19.3. The highest BCUT2D eigenvalue weighted by Crippen LogP contribution is 2.35. The summed E-state index contributed by atoms with van der Waals surface area (Å²) in [7, 11) is 1.60. The number of urea groups is 1. The van der Waals surface area contributed by atoms with E-state index in [1.807, 2.05) is 54.7 Å². The molecular formula is C33H36N4O3. The number of nitrogens with zero attached hydrogens (tertiary/aromatic N) is 2. The van der Waals surface area contributed by atoms with Gasteiger partial charge in [0, 0.05) is 36.3 Å². The van der Waals surface area contributed by atoms with E-state index < -0.39 is 0 Å². The fraction of sp³-hybridized carbons (Fsp3) is 0.333. The van der Waals surface area contributed by atoms with E-state index in [0.717, 1.165) is 65.0 Å². The van der Waals surface area contributed by atoms with Crippen LogP contribution in [0.15, 0.2) is 72.9 Å². The number of rotatable bonds is 6. The Morgan fingerprint density at radius 2 is 1.82 bits per heavy atom. The zero-order valence-corrected chi connectivity index (χ0v) is 23.5. The highest BCUT2D eigenvalue weighted by atomic mass is 16.5. The highest BCUT2D eigenvalue weighted by molar-refractivity contribution is 6.10. The van der Waals surface area contributed by atoms with Gasteiger partial charge in [0.25, 0.3) is 0 Å². The van der Waals surface area contributed by atoms with E-state index in [1.165, 1.54) is 0 Å². The maximum Gasteiger partial charge on any atom is 0.323 e. The number of carbonyl (C=O) groups is 1. The first kappa shape index (κ1) is 26.3. The zero-order chi connectivity index (χ0) is 27.9. The first-order valence-corrected chi connectivity index (χ1v) is 13.9. The van der Waals surface area contributed by atoms with Gasteiger partial charge in [-0.2, -0.15) is 0 Å². The Kier molecular flexibility index (Phi) is 6.94. The van der Waals surface area contributed by atoms with Crippen molar-refractivity contribution in [3.63, 3.8) is 0 Å². The molecule has 0 radical (unpaired) electrons. The molecule has 0 aliphatic carbocycles. The molecule has 3 heterocycles. The number of carbonyl (C=O) groups excluding carboxylic acids is 1. The number of ether oxygens (including phenoxy) is 2. The molecule has 0 spiro atoms.